The van der Waals surface area contributed by atoms with E-state index < -0.39 is 45.4 Å². The van der Waals surface area contributed by atoms with Gasteiger partial charge in [0.05, 0.1) is 28.7 Å². The third-order valence-corrected chi connectivity index (χ3v) is 3.82. The van der Waals surface area contributed by atoms with Crippen LogP contribution in [0, 0.1) is 5.82 Å². The van der Waals surface area contributed by atoms with E-state index in [0.29, 0.717) is 0 Å². The second kappa shape index (κ2) is 6.16. The number of hydrogen-bond acceptors (Lipinski definition) is 3. The summed E-state index contributed by atoms with van der Waals surface area (Å²) in [6.07, 6.45) is -0.215. The standard InChI is InChI=1S/C10H11ClF2N2O3S/c11-6-2-3-7(9(13)8(6)10(14)16)15-19(17,18)5-1-4-12/h2-3,15H,1,4-5H2,(H2,14,16). The molecule has 0 bridgehead atoms. The van der Waals surface area contributed by atoms with Crippen LogP contribution < -0.4 is 10.5 Å². The average molecular weight is 313 g/mol. The lowest BCUT2D eigenvalue weighted by Crippen LogP contribution is -2.20. The molecule has 0 heterocycles. The highest BCUT2D eigenvalue weighted by Gasteiger charge is 2.20. The SMILES string of the molecule is NC(=O)c1c(Cl)ccc(NS(=O)(=O)CCCF)c1F. The van der Waals surface area contributed by atoms with E-state index in [4.69, 9.17) is 17.3 Å². The maximum absolute atomic E-state index is 13.9. The van der Waals surface area contributed by atoms with Gasteiger partial charge in [-0.1, -0.05) is 11.6 Å². The minimum Gasteiger partial charge on any atom is -0.365 e. The molecule has 106 valence electrons. The van der Waals surface area contributed by atoms with E-state index in [9.17, 15) is 22.0 Å². The van der Waals surface area contributed by atoms with Crippen molar-refractivity contribution in [1.82, 2.24) is 0 Å². The second-order valence-electron chi connectivity index (χ2n) is 3.61. The first kappa shape index (κ1) is 15.6. The first-order valence-corrected chi connectivity index (χ1v) is 7.16. The lowest BCUT2D eigenvalue weighted by atomic mass is 10.2. The van der Waals surface area contributed by atoms with Crippen molar-refractivity contribution in [2.24, 2.45) is 5.73 Å². The molecular weight excluding hydrogens is 302 g/mol. The third-order valence-electron chi connectivity index (χ3n) is 2.15. The molecular formula is C10H11ClF2N2O3S. The fourth-order valence-electron chi connectivity index (χ4n) is 1.32. The molecule has 0 saturated heterocycles. The van der Waals surface area contributed by atoms with Crippen LogP contribution in [-0.2, 0) is 10.0 Å². The Morgan fingerprint density at radius 1 is 1.42 bits per heavy atom. The summed E-state index contributed by atoms with van der Waals surface area (Å²) in [7, 11) is -3.90. The van der Waals surface area contributed by atoms with Gasteiger partial charge in [-0.3, -0.25) is 13.9 Å². The van der Waals surface area contributed by atoms with Crippen LogP contribution in [0.1, 0.15) is 16.8 Å². The van der Waals surface area contributed by atoms with Crippen LogP contribution in [0.25, 0.3) is 0 Å². The first-order valence-electron chi connectivity index (χ1n) is 5.12. The zero-order chi connectivity index (χ0) is 14.6. The molecule has 0 aromatic heterocycles. The van der Waals surface area contributed by atoms with Crippen LogP contribution in [0.4, 0.5) is 14.5 Å². The van der Waals surface area contributed by atoms with Crippen LogP contribution in [0.15, 0.2) is 12.1 Å². The molecule has 0 spiro atoms. The highest BCUT2D eigenvalue weighted by molar-refractivity contribution is 7.92. The first-order chi connectivity index (χ1) is 8.78. The number of rotatable bonds is 6. The Bertz CT molecular complexity index is 593. The van der Waals surface area contributed by atoms with Gasteiger partial charge in [-0.15, -0.1) is 0 Å². The van der Waals surface area contributed by atoms with Crippen LogP contribution in [0.2, 0.25) is 5.02 Å². The van der Waals surface area contributed by atoms with Gasteiger partial charge in [-0.2, -0.15) is 0 Å². The Morgan fingerprint density at radius 3 is 2.58 bits per heavy atom. The van der Waals surface area contributed by atoms with Crippen molar-refractivity contribution in [2.45, 2.75) is 6.42 Å². The van der Waals surface area contributed by atoms with Crippen molar-refractivity contribution >= 4 is 33.2 Å². The van der Waals surface area contributed by atoms with Crippen molar-refractivity contribution in [2.75, 3.05) is 17.1 Å². The predicted molar refractivity (Wildman–Crippen MR) is 67.9 cm³/mol. The van der Waals surface area contributed by atoms with Gasteiger partial charge in [0.15, 0.2) is 5.82 Å². The van der Waals surface area contributed by atoms with Gasteiger partial charge in [0.2, 0.25) is 10.0 Å². The molecule has 0 fully saturated rings. The predicted octanol–water partition coefficient (Wildman–Crippen LogP) is 1.68. The van der Waals surface area contributed by atoms with Crippen LogP contribution in [-0.4, -0.2) is 26.8 Å². The molecule has 1 aromatic carbocycles. The molecule has 0 aliphatic carbocycles. The Morgan fingerprint density at radius 2 is 2.05 bits per heavy atom. The normalized spacial score (nSPS) is 11.3. The van der Waals surface area contributed by atoms with E-state index >= 15 is 0 Å². The molecule has 0 aliphatic rings. The van der Waals surface area contributed by atoms with Gasteiger partial charge >= 0.3 is 0 Å². The molecule has 0 saturated carbocycles. The largest absolute Gasteiger partial charge is 0.365 e. The number of halogens is 3. The number of benzene rings is 1. The smallest absolute Gasteiger partial charge is 0.253 e. The molecule has 0 atom stereocenters. The minimum atomic E-state index is -3.90. The van der Waals surface area contributed by atoms with E-state index in [1.807, 2.05) is 4.72 Å². The summed E-state index contributed by atoms with van der Waals surface area (Å²) >= 11 is 5.58. The van der Waals surface area contributed by atoms with Gasteiger partial charge in [0, 0.05) is 0 Å². The van der Waals surface area contributed by atoms with Crippen molar-refractivity contribution in [1.29, 1.82) is 0 Å². The second-order valence-corrected chi connectivity index (χ2v) is 5.86. The summed E-state index contributed by atoms with van der Waals surface area (Å²) in [5, 5.41) is -0.225. The third kappa shape index (κ3) is 4.03. The van der Waals surface area contributed by atoms with Gasteiger partial charge in [-0.25, -0.2) is 12.8 Å². The Labute approximate surface area is 113 Å². The number of primary amides is 1. The van der Waals surface area contributed by atoms with E-state index in [2.05, 4.69) is 0 Å². The van der Waals surface area contributed by atoms with E-state index in [1.54, 1.807) is 0 Å². The Balaban J connectivity index is 3.10. The van der Waals surface area contributed by atoms with Crippen molar-refractivity contribution in [3.63, 3.8) is 0 Å². The molecule has 0 radical (unpaired) electrons. The van der Waals surface area contributed by atoms with E-state index in [-0.39, 0.29) is 11.4 Å². The van der Waals surface area contributed by atoms with Crippen LogP contribution >= 0.6 is 11.6 Å². The monoisotopic (exact) mass is 312 g/mol. The number of carbonyl (C=O) groups is 1. The molecule has 0 unspecified atom stereocenters. The molecule has 9 heteroatoms. The topological polar surface area (TPSA) is 89.3 Å². The molecule has 3 N–H and O–H groups in total. The number of nitrogens with one attached hydrogen (secondary N) is 1. The van der Waals surface area contributed by atoms with E-state index in [0.717, 1.165) is 12.1 Å². The van der Waals surface area contributed by atoms with Gasteiger partial charge < -0.3 is 5.73 Å². The number of amides is 1. The van der Waals surface area contributed by atoms with Gasteiger partial charge in [0.25, 0.3) is 5.91 Å². The maximum Gasteiger partial charge on any atom is 0.253 e. The Hall–Kier alpha value is -1.41. The summed E-state index contributed by atoms with van der Waals surface area (Å²) < 4.78 is 50.6. The Kier molecular flexibility index (Phi) is 5.07. The van der Waals surface area contributed by atoms with Crippen LogP contribution in [0.3, 0.4) is 0 Å². The van der Waals surface area contributed by atoms with Crippen molar-refractivity contribution < 1.29 is 22.0 Å². The molecule has 5 nitrogen and oxygen atoms in total. The fourth-order valence-corrected chi connectivity index (χ4v) is 2.64. The maximum atomic E-state index is 13.9. The number of anilines is 1. The van der Waals surface area contributed by atoms with Crippen molar-refractivity contribution in [3.05, 3.63) is 28.5 Å². The summed E-state index contributed by atoms with van der Waals surface area (Å²) in [5.74, 6) is -2.78. The molecule has 1 amide bonds. The zero-order valence-electron chi connectivity index (χ0n) is 9.62. The summed E-state index contributed by atoms with van der Waals surface area (Å²) in [4.78, 5) is 11.0. The number of sulfonamides is 1. The zero-order valence-corrected chi connectivity index (χ0v) is 11.2. The van der Waals surface area contributed by atoms with Crippen LogP contribution in [0.5, 0.6) is 0 Å². The molecule has 1 rings (SSSR count). The molecule has 1 aromatic rings. The average Bonchev–Trinajstić information content (AvgIpc) is 2.30. The number of alkyl halides is 1. The molecule has 0 aliphatic heterocycles. The quantitative estimate of drug-likeness (QED) is 0.837. The molecule has 19 heavy (non-hydrogen) atoms. The highest BCUT2D eigenvalue weighted by atomic mass is 35.5. The van der Waals surface area contributed by atoms with Crippen molar-refractivity contribution in [3.8, 4) is 0 Å². The lowest BCUT2D eigenvalue weighted by molar-refractivity contribution is 0.0996. The number of nitrogens with two attached hydrogens (primary N) is 1. The number of hydrogen-bond donors (Lipinski definition) is 2. The summed E-state index contributed by atoms with van der Waals surface area (Å²) in [5.41, 5.74) is 3.87. The summed E-state index contributed by atoms with van der Waals surface area (Å²) in [6, 6.07) is 2.19. The van der Waals surface area contributed by atoms with E-state index in [1.165, 1.54) is 0 Å². The summed E-state index contributed by atoms with van der Waals surface area (Å²) in [6.45, 7) is -0.809. The number of carbonyl (C=O) groups excluding carboxylic acids is 1. The fraction of sp³-hybridized carbons (Fsp3) is 0.300. The highest BCUT2D eigenvalue weighted by Crippen LogP contribution is 2.26. The lowest BCUT2D eigenvalue weighted by Gasteiger charge is -2.10. The van der Waals surface area contributed by atoms with Gasteiger partial charge in [0.1, 0.15) is 0 Å². The minimum absolute atomic E-state index is 0.215. The van der Waals surface area contributed by atoms with Gasteiger partial charge in [-0.05, 0) is 18.6 Å².